The van der Waals surface area contributed by atoms with Gasteiger partial charge in [-0.1, -0.05) is 39.3 Å². The molecule has 0 aliphatic heterocycles. The molecule has 0 heterocycles. The Kier molecular flexibility index (Phi) is 4.58. The molecule has 0 saturated heterocycles. The highest BCUT2D eigenvalue weighted by Gasteiger charge is 2.26. The molecule has 2 nitrogen and oxygen atoms in total. The summed E-state index contributed by atoms with van der Waals surface area (Å²) >= 11 is 0. The first-order chi connectivity index (χ1) is 5.91. The molecule has 0 bridgehead atoms. The molecule has 0 aromatic carbocycles. The van der Waals surface area contributed by atoms with Crippen LogP contribution in [0.3, 0.4) is 0 Å². The fourth-order valence-electron chi connectivity index (χ4n) is 1.55. The average molecular weight is 233 g/mol. The molecule has 0 rings (SSSR count). The van der Waals surface area contributed by atoms with Crippen molar-refractivity contribution < 1.29 is 0 Å². The van der Waals surface area contributed by atoms with Gasteiger partial charge in [-0.2, -0.15) is 0 Å². The third-order valence-corrected chi connectivity index (χ3v) is 4.44. The molecule has 0 aliphatic rings. The van der Waals surface area contributed by atoms with Gasteiger partial charge in [-0.15, -0.1) is 0 Å². The second-order valence-corrected chi connectivity index (χ2v) is 16.5. The summed E-state index contributed by atoms with van der Waals surface area (Å²) < 4.78 is 0. The van der Waals surface area contributed by atoms with Crippen molar-refractivity contribution in [2.24, 2.45) is 0 Å². The summed E-state index contributed by atoms with van der Waals surface area (Å²) in [6.45, 7) is 19.7. The summed E-state index contributed by atoms with van der Waals surface area (Å²) in [7, 11) is -2.28. The lowest BCUT2D eigenvalue weighted by Crippen LogP contribution is -2.60. The normalized spacial score (nSPS) is 14.6. The monoisotopic (exact) mass is 232 g/mol. The molecule has 0 fully saturated rings. The van der Waals surface area contributed by atoms with Crippen LogP contribution in [0.4, 0.5) is 0 Å². The van der Waals surface area contributed by atoms with Crippen LogP contribution in [0.15, 0.2) is 0 Å². The van der Waals surface area contributed by atoms with Crippen molar-refractivity contribution in [3.63, 3.8) is 0 Å². The van der Waals surface area contributed by atoms with Gasteiger partial charge in [-0.3, -0.25) is 0 Å². The van der Waals surface area contributed by atoms with Crippen molar-refractivity contribution in [3.05, 3.63) is 0 Å². The number of hydrogen-bond acceptors (Lipinski definition) is 2. The molecule has 0 amide bonds. The number of rotatable bonds is 5. The summed E-state index contributed by atoms with van der Waals surface area (Å²) in [5.74, 6) is 0. The van der Waals surface area contributed by atoms with Crippen LogP contribution >= 0.6 is 0 Å². The Bertz CT molecular complexity index is 178. The molecule has 0 aromatic rings. The second-order valence-electron chi connectivity index (χ2n) is 6.86. The first kappa shape index (κ1) is 14.4. The minimum absolute atomic E-state index is 0.227. The van der Waals surface area contributed by atoms with Crippen LogP contribution in [0.25, 0.3) is 0 Å². The van der Waals surface area contributed by atoms with Gasteiger partial charge in [0.15, 0.2) is 0 Å². The van der Waals surface area contributed by atoms with Gasteiger partial charge >= 0.3 is 0 Å². The zero-order chi connectivity index (χ0) is 11.6. The highest BCUT2D eigenvalue weighted by Crippen LogP contribution is 2.08. The molecule has 86 valence electrons. The molecule has 0 aliphatic carbocycles. The van der Waals surface area contributed by atoms with Crippen molar-refractivity contribution in [1.82, 2.24) is 9.96 Å². The summed E-state index contributed by atoms with van der Waals surface area (Å²) in [6.07, 6.45) is 0. The van der Waals surface area contributed by atoms with E-state index in [4.69, 9.17) is 0 Å². The van der Waals surface area contributed by atoms with Crippen LogP contribution in [0.2, 0.25) is 39.3 Å². The van der Waals surface area contributed by atoms with E-state index in [1.807, 2.05) is 0 Å². The van der Waals surface area contributed by atoms with E-state index in [0.29, 0.717) is 0 Å². The molecule has 4 heteroatoms. The second kappa shape index (κ2) is 4.47. The SMILES string of the molecule is CC(C)(CN[Si](C)(C)C)N[Si](C)(C)C. The first-order valence-electron chi connectivity index (χ1n) is 5.46. The van der Waals surface area contributed by atoms with E-state index >= 15 is 0 Å². The van der Waals surface area contributed by atoms with Crippen molar-refractivity contribution >= 4 is 16.5 Å². The highest BCUT2D eigenvalue weighted by molar-refractivity contribution is 6.74. The minimum atomic E-state index is -1.16. The predicted octanol–water partition coefficient (Wildman–Crippen LogP) is 2.61. The summed E-state index contributed by atoms with van der Waals surface area (Å²) in [6, 6.07) is 0. The molecule has 14 heavy (non-hydrogen) atoms. The van der Waals surface area contributed by atoms with E-state index < -0.39 is 16.5 Å². The maximum Gasteiger partial charge on any atom is 0.116 e. The van der Waals surface area contributed by atoms with E-state index in [1.165, 1.54) is 0 Å². The quantitative estimate of drug-likeness (QED) is 0.712. The minimum Gasteiger partial charge on any atom is -0.336 e. The van der Waals surface area contributed by atoms with Crippen molar-refractivity contribution in [3.8, 4) is 0 Å². The number of nitrogens with one attached hydrogen (secondary N) is 2. The maximum absolute atomic E-state index is 3.77. The molecular formula is C10H28N2Si2. The smallest absolute Gasteiger partial charge is 0.116 e. The summed E-state index contributed by atoms with van der Waals surface area (Å²) in [4.78, 5) is 7.45. The maximum atomic E-state index is 3.77. The van der Waals surface area contributed by atoms with E-state index in [-0.39, 0.29) is 5.54 Å². The molecule has 0 atom stereocenters. The largest absolute Gasteiger partial charge is 0.336 e. The summed E-state index contributed by atoms with van der Waals surface area (Å²) in [5.41, 5.74) is 0.227. The Morgan fingerprint density at radius 3 is 1.57 bits per heavy atom. The Labute approximate surface area is 92.0 Å². The van der Waals surface area contributed by atoms with E-state index in [2.05, 4.69) is 63.1 Å². The van der Waals surface area contributed by atoms with Gasteiger partial charge in [0.2, 0.25) is 0 Å². The molecular weight excluding hydrogens is 204 g/mol. The third kappa shape index (κ3) is 8.93. The Morgan fingerprint density at radius 2 is 1.29 bits per heavy atom. The molecule has 0 spiro atoms. The number of hydrogen-bond donors (Lipinski definition) is 2. The van der Waals surface area contributed by atoms with E-state index in [1.54, 1.807) is 0 Å². The van der Waals surface area contributed by atoms with Crippen LogP contribution in [-0.4, -0.2) is 28.6 Å². The van der Waals surface area contributed by atoms with Crippen LogP contribution in [-0.2, 0) is 0 Å². The van der Waals surface area contributed by atoms with Gasteiger partial charge in [-0.25, -0.2) is 0 Å². The van der Waals surface area contributed by atoms with Crippen molar-refractivity contribution in [2.75, 3.05) is 6.54 Å². The van der Waals surface area contributed by atoms with Crippen molar-refractivity contribution in [2.45, 2.75) is 58.7 Å². The Morgan fingerprint density at radius 1 is 0.857 bits per heavy atom. The highest BCUT2D eigenvalue weighted by atomic mass is 28.3. The van der Waals surface area contributed by atoms with E-state index in [9.17, 15) is 0 Å². The van der Waals surface area contributed by atoms with Gasteiger partial charge < -0.3 is 9.96 Å². The average Bonchev–Trinajstić information content (AvgIpc) is 1.76. The Balaban J connectivity index is 4.09. The lowest BCUT2D eigenvalue weighted by molar-refractivity contribution is 0.456. The molecule has 0 radical (unpaired) electrons. The fraction of sp³-hybridized carbons (Fsp3) is 1.00. The van der Waals surface area contributed by atoms with Gasteiger partial charge in [0, 0.05) is 12.1 Å². The standard InChI is InChI=1S/C10H28N2Si2/c1-10(2,12-14(6,7)8)9-11-13(3,4)5/h11-12H,9H2,1-8H3. The van der Waals surface area contributed by atoms with Crippen LogP contribution < -0.4 is 9.96 Å². The van der Waals surface area contributed by atoms with Gasteiger partial charge in [0.1, 0.15) is 16.5 Å². The topological polar surface area (TPSA) is 24.1 Å². The molecule has 0 aromatic heterocycles. The lowest BCUT2D eigenvalue weighted by atomic mass is 10.1. The third-order valence-electron chi connectivity index (χ3n) is 1.77. The van der Waals surface area contributed by atoms with Gasteiger partial charge in [-0.05, 0) is 13.8 Å². The van der Waals surface area contributed by atoms with Crippen LogP contribution in [0.1, 0.15) is 13.8 Å². The predicted molar refractivity (Wildman–Crippen MR) is 71.9 cm³/mol. The van der Waals surface area contributed by atoms with Gasteiger partial charge in [0.25, 0.3) is 0 Å². The van der Waals surface area contributed by atoms with Crippen LogP contribution in [0.5, 0.6) is 0 Å². The lowest BCUT2D eigenvalue weighted by Gasteiger charge is -2.36. The van der Waals surface area contributed by atoms with Crippen LogP contribution in [0, 0.1) is 0 Å². The summed E-state index contributed by atoms with van der Waals surface area (Å²) in [5, 5.41) is 0. The molecule has 2 N–H and O–H groups in total. The zero-order valence-corrected chi connectivity index (χ0v) is 13.2. The molecule has 0 saturated carbocycles. The zero-order valence-electron chi connectivity index (χ0n) is 11.2. The van der Waals surface area contributed by atoms with Gasteiger partial charge in [0.05, 0.1) is 0 Å². The van der Waals surface area contributed by atoms with Crippen molar-refractivity contribution in [1.29, 1.82) is 0 Å². The van der Waals surface area contributed by atoms with E-state index in [0.717, 1.165) is 6.54 Å². The Hall–Kier alpha value is 0.354. The molecule has 0 unspecified atom stereocenters. The first-order valence-corrected chi connectivity index (χ1v) is 12.5. The fourth-order valence-corrected chi connectivity index (χ4v) is 4.64.